The minimum Gasteiger partial charge on any atom is -0.460 e. The van der Waals surface area contributed by atoms with Crippen molar-refractivity contribution < 1.29 is 13.9 Å². The number of imidazole rings is 1. The Morgan fingerprint density at radius 3 is 3.06 bits per heavy atom. The third-order valence-electron chi connectivity index (χ3n) is 2.18. The van der Waals surface area contributed by atoms with Crippen LogP contribution in [0.25, 0.3) is 11.3 Å². The van der Waals surface area contributed by atoms with Crippen LogP contribution in [0, 0.1) is 5.82 Å². The first-order valence-corrected chi connectivity index (χ1v) is 5.18. The molecule has 1 aromatic carbocycles. The van der Waals surface area contributed by atoms with E-state index in [0.29, 0.717) is 11.3 Å². The number of carbonyl (C=O) groups is 1. The first kappa shape index (κ1) is 11.3. The van der Waals surface area contributed by atoms with Gasteiger partial charge in [0, 0.05) is 5.56 Å². The van der Waals surface area contributed by atoms with E-state index in [1.165, 1.54) is 18.3 Å². The Balaban J connectivity index is 2.27. The van der Waals surface area contributed by atoms with Gasteiger partial charge in [-0.05, 0) is 19.1 Å². The molecule has 0 amide bonds. The van der Waals surface area contributed by atoms with Crippen LogP contribution in [0.4, 0.5) is 4.39 Å². The maximum atomic E-state index is 13.0. The van der Waals surface area contributed by atoms with E-state index in [1.807, 2.05) is 0 Å². The highest BCUT2D eigenvalue weighted by Crippen LogP contribution is 2.17. The number of aromatic nitrogens is 2. The second-order valence-electron chi connectivity index (χ2n) is 3.38. The van der Waals surface area contributed by atoms with Gasteiger partial charge < -0.3 is 9.72 Å². The molecule has 17 heavy (non-hydrogen) atoms. The zero-order valence-electron chi connectivity index (χ0n) is 9.24. The number of hydrogen-bond acceptors (Lipinski definition) is 3. The number of benzene rings is 1. The first-order chi connectivity index (χ1) is 8.20. The average molecular weight is 234 g/mol. The predicted octanol–water partition coefficient (Wildman–Crippen LogP) is 2.39. The molecular formula is C12H11FN2O2. The maximum Gasteiger partial charge on any atom is 0.374 e. The summed E-state index contributed by atoms with van der Waals surface area (Å²) in [6.45, 7) is 2.00. The smallest absolute Gasteiger partial charge is 0.374 e. The zero-order valence-corrected chi connectivity index (χ0v) is 9.24. The molecular weight excluding hydrogens is 223 g/mol. The lowest BCUT2D eigenvalue weighted by molar-refractivity contribution is 0.0513. The number of H-pyrrole nitrogens is 1. The molecule has 0 radical (unpaired) electrons. The topological polar surface area (TPSA) is 55.0 Å². The van der Waals surface area contributed by atoms with Crippen molar-refractivity contribution in [2.75, 3.05) is 6.61 Å². The van der Waals surface area contributed by atoms with E-state index in [9.17, 15) is 9.18 Å². The summed E-state index contributed by atoms with van der Waals surface area (Å²) in [4.78, 5) is 18.0. The Morgan fingerprint density at radius 2 is 2.35 bits per heavy atom. The Morgan fingerprint density at radius 1 is 1.53 bits per heavy atom. The molecule has 4 nitrogen and oxygen atoms in total. The second-order valence-corrected chi connectivity index (χ2v) is 3.38. The van der Waals surface area contributed by atoms with Crippen LogP contribution < -0.4 is 0 Å². The fourth-order valence-corrected chi connectivity index (χ4v) is 1.43. The number of nitrogens with zero attached hydrogens (tertiary/aromatic N) is 1. The van der Waals surface area contributed by atoms with Crippen molar-refractivity contribution >= 4 is 5.97 Å². The van der Waals surface area contributed by atoms with Crippen LogP contribution in [0.5, 0.6) is 0 Å². The fourth-order valence-electron chi connectivity index (χ4n) is 1.43. The van der Waals surface area contributed by atoms with Gasteiger partial charge in [-0.3, -0.25) is 0 Å². The van der Waals surface area contributed by atoms with Crippen molar-refractivity contribution in [2.45, 2.75) is 6.92 Å². The zero-order chi connectivity index (χ0) is 12.3. The maximum absolute atomic E-state index is 13.0. The van der Waals surface area contributed by atoms with Gasteiger partial charge in [0.25, 0.3) is 0 Å². The van der Waals surface area contributed by atoms with Crippen LogP contribution in [0.15, 0.2) is 30.5 Å². The predicted molar refractivity (Wildman–Crippen MR) is 59.9 cm³/mol. The molecule has 0 fully saturated rings. The summed E-state index contributed by atoms with van der Waals surface area (Å²) in [5, 5.41) is 0. The van der Waals surface area contributed by atoms with Gasteiger partial charge in [0.05, 0.1) is 18.5 Å². The molecule has 0 unspecified atom stereocenters. The SMILES string of the molecule is CCOC(=O)c1ncc(-c2cccc(F)c2)[nH]1. The van der Waals surface area contributed by atoms with Gasteiger partial charge in [-0.15, -0.1) is 0 Å². The molecule has 0 atom stereocenters. The van der Waals surface area contributed by atoms with Crippen molar-refractivity contribution in [1.82, 2.24) is 9.97 Å². The van der Waals surface area contributed by atoms with Gasteiger partial charge in [0.1, 0.15) is 5.82 Å². The lowest BCUT2D eigenvalue weighted by Crippen LogP contribution is -2.06. The van der Waals surface area contributed by atoms with Crippen molar-refractivity contribution in [2.24, 2.45) is 0 Å². The van der Waals surface area contributed by atoms with E-state index >= 15 is 0 Å². The fraction of sp³-hybridized carbons (Fsp3) is 0.167. The molecule has 0 saturated carbocycles. The number of hydrogen-bond donors (Lipinski definition) is 1. The molecule has 2 aromatic rings. The summed E-state index contributed by atoms with van der Waals surface area (Å²) in [6.07, 6.45) is 1.47. The van der Waals surface area contributed by atoms with Crippen LogP contribution in [0.3, 0.4) is 0 Å². The lowest BCUT2D eigenvalue weighted by atomic mass is 10.2. The minimum absolute atomic E-state index is 0.117. The van der Waals surface area contributed by atoms with Crippen molar-refractivity contribution in [3.63, 3.8) is 0 Å². The molecule has 1 N–H and O–H groups in total. The summed E-state index contributed by atoms with van der Waals surface area (Å²) in [6, 6.07) is 6.04. The monoisotopic (exact) mass is 234 g/mol. The molecule has 0 aliphatic carbocycles. The first-order valence-electron chi connectivity index (χ1n) is 5.18. The highest BCUT2D eigenvalue weighted by Gasteiger charge is 2.11. The Labute approximate surface area is 97.5 Å². The van der Waals surface area contributed by atoms with Gasteiger partial charge in [0.15, 0.2) is 0 Å². The van der Waals surface area contributed by atoms with Crippen LogP contribution in [-0.2, 0) is 4.74 Å². The van der Waals surface area contributed by atoms with E-state index in [4.69, 9.17) is 4.74 Å². The summed E-state index contributed by atoms with van der Waals surface area (Å²) >= 11 is 0. The Bertz CT molecular complexity index is 537. The van der Waals surface area contributed by atoms with E-state index in [0.717, 1.165) is 0 Å². The van der Waals surface area contributed by atoms with E-state index in [2.05, 4.69) is 9.97 Å². The number of rotatable bonds is 3. The van der Waals surface area contributed by atoms with Crippen LogP contribution in [0.1, 0.15) is 17.5 Å². The molecule has 5 heteroatoms. The van der Waals surface area contributed by atoms with Crippen LogP contribution >= 0.6 is 0 Å². The van der Waals surface area contributed by atoms with E-state index in [-0.39, 0.29) is 18.2 Å². The number of esters is 1. The molecule has 1 heterocycles. The van der Waals surface area contributed by atoms with Crippen molar-refractivity contribution in [3.8, 4) is 11.3 Å². The largest absolute Gasteiger partial charge is 0.460 e. The third-order valence-corrected chi connectivity index (χ3v) is 2.18. The number of halogens is 1. The normalized spacial score (nSPS) is 10.2. The summed E-state index contributed by atoms with van der Waals surface area (Å²) in [7, 11) is 0. The highest BCUT2D eigenvalue weighted by molar-refractivity contribution is 5.86. The van der Waals surface area contributed by atoms with Crippen LogP contribution in [-0.4, -0.2) is 22.5 Å². The molecule has 0 aliphatic heterocycles. The molecule has 1 aromatic heterocycles. The van der Waals surface area contributed by atoms with Crippen LogP contribution in [0.2, 0.25) is 0 Å². The number of nitrogens with one attached hydrogen (secondary N) is 1. The second kappa shape index (κ2) is 4.78. The van der Waals surface area contributed by atoms with Gasteiger partial charge in [-0.25, -0.2) is 14.2 Å². The minimum atomic E-state index is -0.518. The van der Waals surface area contributed by atoms with E-state index in [1.54, 1.807) is 19.1 Å². The molecule has 0 saturated heterocycles. The molecule has 0 bridgehead atoms. The van der Waals surface area contributed by atoms with Crippen molar-refractivity contribution in [3.05, 3.63) is 42.1 Å². The van der Waals surface area contributed by atoms with Gasteiger partial charge >= 0.3 is 5.97 Å². The molecule has 0 spiro atoms. The molecule has 2 rings (SSSR count). The summed E-state index contributed by atoms with van der Waals surface area (Å²) < 4.78 is 17.8. The number of ether oxygens (including phenoxy) is 1. The summed E-state index contributed by atoms with van der Waals surface area (Å²) in [5.74, 6) is -0.740. The van der Waals surface area contributed by atoms with Gasteiger partial charge in [-0.2, -0.15) is 0 Å². The van der Waals surface area contributed by atoms with Gasteiger partial charge in [0.2, 0.25) is 5.82 Å². The molecule has 0 aliphatic rings. The highest BCUT2D eigenvalue weighted by atomic mass is 19.1. The van der Waals surface area contributed by atoms with Crippen molar-refractivity contribution in [1.29, 1.82) is 0 Å². The van der Waals surface area contributed by atoms with E-state index < -0.39 is 5.97 Å². The number of carbonyl (C=O) groups excluding carboxylic acids is 1. The summed E-state index contributed by atoms with van der Waals surface area (Å²) in [5.41, 5.74) is 1.21. The average Bonchev–Trinajstić information content (AvgIpc) is 2.78. The number of aromatic amines is 1. The Hall–Kier alpha value is -2.17. The Kier molecular flexibility index (Phi) is 3.18. The van der Waals surface area contributed by atoms with Gasteiger partial charge in [-0.1, -0.05) is 12.1 Å². The lowest BCUT2D eigenvalue weighted by Gasteiger charge is -1.98. The third kappa shape index (κ3) is 2.50. The standard InChI is InChI=1S/C12H11FN2O2/c1-2-17-12(16)11-14-7-10(15-11)8-4-3-5-9(13)6-8/h3-7H,2H2,1H3,(H,14,15). The quantitative estimate of drug-likeness (QED) is 0.829. The molecule has 88 valence electrons.